The number of amides is 2. The van der Waals surface area contributed by atoms with Crippen molar-refractivity contribution >= 4 is 17.5 Å². The third-order valence-corrected chi connectivity index (χ3v) is 6.00. The number of aryl methyl sites for hydroxylation is 2. The predicted molar refractivity (Wildman–Crippen MR) is 97.6 cm³/mol. The lowest BCUT2D eigenvalue weighted by atomic mass is 9.99. The average Bonchev–Trinajstić information content (AvgIpc) is 3.07. The molecule has 2 amide bonds. The number of carbonyl (C=O) groups excluding carboxylic acids is 2. The molecule has 0 aliphatic carbocycles. The molecule has 0 bridgehead atoms. The Hall–Kier alpha value is -1.88. The summed E-state index contributed by atoms with van der Waals surface area (Å²) >= 11 is 0. The summed E-state index contributed by atoms with van der Waals surface area (Å²) in [5.41, 5.74) is 3.56. The Balaban J connectivity index is 1.50. The summed E-state index contributed by atoms with van der Waals surface area (Å²) in [5.74, 6) is 0.312. The Bertz CT molecular complexity index is 702. The zero-order valence-corrected chi connectivity index (χ0v) is 15.2. The van der Waals surface area contributed by atoms with Crippen molar-refractivity contribution in [3.05, 3.63) is 29.3 Å². The normalized spacial score (nSPS) is 26.6. The van der Waals surface area contributed by atoms with E-state index in [1.165, 1.54) is 11.1 Å². The molecule has 2 saturated heterocycles. The molecule has 2 fully saturated rings. The van der Waals surface area contributed by atoms with E-state index >= 15 is 0 Å². The van der Waals surface area contributed by atoms with Gasteiger partial charge in [0.25, 0.3) is 0 Å². The molecule has 0 unspecified atom stereocenters. The first-order valence-electron chi connectivity index (χ1n) is 9.49. The third-order valence-electron chi connectivity index (χ3n) is 6.00. The number of anilines is 1. The van der Waals surface area contributed by atoms with Gasteiger partial charge < -0.3 is 9.80 Å². The van der Waals surface area contributed by atoms with Crippen molar-refractivity contribution in [1.29, 1.82) is 0 Å². The zero-order valence-electron chi connectivity index (χ0n) is 15.2. The molecular formula is C20H27N3O2. The molecule has 5 nitrogen and oxygen atoms in total. The van der Waals surface area contributed by atoms with E-state index in [1.807, 2.05) is 16.7 Å². The highest BCUT2D eigenvalue weighted by atomic mass is 16.2. The van der Waals surface area contributed by atoms with Crippen LogP contribution in [0.2, 0.25) is 0 Å². The van der Waals surface area contributed by atoms with Crippen LogP contribution in [0.5, 0.6) is 0 Å². The van der Waals surface area contributed by atoms with Crippen molar-refractivity contribution in [3.63, 3.8) is 0 Å². The van der Waals surface area contributed by atoms with Gasteiger partial charge >= 0.3 is 0 Å². The Morgan fingerprint density at radius 1 is 1.24 bits per heavy atom. The molecule has 5 heteroatoms. The van der Waals surface area contributed by atoms with E-state index < -0.39 is 0 Å². The molecule has 25 heavy (non-hydrogen) atoms. The maximum atomic E-state index is 13.0. The van der Waals surface area contributed by atoms with Crippen LogP contribution in [0.15, 0.2) is 18.2 Å². The molecule has 2 atom stereocenters. The highest BCUT2D eigenvalue weighted by molar-refractivity contribution is 5.96. The van der Waals surface area contributed by atoms with Gasteiger partial charge in [-0.2, -0.15) is 0 Å². The second kappa shape index (κ2) is 6.45. The number of hydrogen-bond acceptors (Lipinski definition) is 3. The van der Waals surface area contributed by atoms with Gasteiger partial charge in [-0.05, 0) is 51.2 Å². The van der Waals surface area contributed by atoms with Crippen molar-refractivity contribution in [2.75, 3.05) is 31.1 Å². The van der Waals surface area contributed by atoms with E-state index in [2.05, 4.69) is 30.0 Å². The van der Waals surface area contributed by atoms with Gasteiger partial charge in [0, 0.05) is 31.4 Å². The van der Waals surface area contributed by atoms with Crippen molar-refractivity contribution in [1.82, 2.24) is 9.80 Å². The molecule has 1 aromatic rings. The van der Waals surface area contributed by atoms with E-state index in [0.29, 0.717) is 12.6 Å². The number of carbonyl (C=O) groups is 2. The standard InChI is InChI=1S/C20H27N3O2/c1-14-7-8-18-16(11-14)5-3-10-23(18)19(24)13-21-12-17-6-4-9-22(17)20(25)15(21)2/h7-8,11,15,17H,3-6,9-10,12-13H2,1-2H3/t15-,17+/m0/s1. The largest absolute Gasteiger partial charge is 0.337 e. The van der Waals surface area contributed by atoms with Gasteiger partial charge in [0.1, 0.15) is 0 Å². The second-order valence-corrected chi connectivity index (χ2v) is 7.71. The summed E-state index contributed by atoms with van der Waals surface area (Å²) < 4.78 is 0. The first kappa shape index (κ1) is 16.6. The van der Waals surface area contributed by atoms with E-state index in [0.717, 1.165) is 51.0 Å². The fourth-order valence-electron chi connectivity index (χ4n) is 4.59. The van der Waals surface area contributed by atoms with Crippen molar-refractivity contribution in [2.45, 2.75) is 51.6 Å². The maximum Gasteiger partial charge on any atom is 0.241 e. The summed E-state index contributed by atoms with van der Waals surface area (Å²) in [7, 11) is 0. The van der Waals surface area contributed by atoms with Crippen molar-refractivity contribution in [2.24, 2.45) is 0 Å². The summed E-state index contributed by atoms with van der Waals surface area (Å²) in [5, 5.41) is 0. The lowest BCUT2D eigenvalue weighted by Crippen LogP contribution is -2.60. The van der Waals surface area contributed by atoms with E-state index in [9.17, 15) is 9.59 Å². The predicted octanol–water partition coefficient (Wildman–Crippen LogP) is 1.97. The Labute approximate surface area is 149 Å². The first-order chi connectivity index (χ1) is 12.0. The number of piperazine rings is 1. The summed E-state index contributed by atoms with van der Waals surface area (Å²) in [6.45, 7) is 6.86. The van der Waals surface area contributed by atoms with Gasteiger partial charge in [-0.1, -0.05) is 17.7 Å². The number of benzene rings is 1. The quantitative estimate of drug-likeness (QED) is 0.826. The molecule has 3 aliphatic rings. The minimum atomic E-state index is -0.194. The van der Waals surface area contributed by atoms with Crippen LogP contribution in [0.3, 0.4) is 0 Å². The minimum Gasteiger partial charge on any atom is -0.337 e. The van der Waals surface area contributed by atoms with Crippen LogP contribution in [-0.2, 0) is 16.0 Å². The van der Waals surface area contributed by atoms with Gasteiger partial charge in [-0.3, -0.25) is 14.5 Å². The third kappa shape index (κ3) is 2.95. The molecule has 0 N–H and O–H groups in total. The molecule has 4 rings (SSSR count). The van der Waals surface area contributed by atoms with Gasteiger partial charge in [-0.25, -0.2) is 0 Å². The first-order valence-corrected chi connectivity index (χ1v) is 9.49. The molecule has 0 radical (unpaired) electrons. The lowest BCUT2D eigenvalue weighted by molar-refractivity contribution is -0.143. The number of hydrogen-bond donors (Lipinski definition) is 0. The zero-order chi connectivity index (χ0) is 17.6. The molecule has 134 valence electrons. The van der Waals surface area contributed by atoms with Crippen LogP contribution < -0.4 is 4.90 Å². The summed E-state index contributed by atoms with van der Waals surface area (Å²) in [6, 6.07) is 6.45. The van der Waals surface area contributed by atoms with Gasteiger partial charge in [0.05, 0.1) is 12.6 Å². The molecule has 3 heterocycles. The van der Waals surface area contributed by atoms with E-state index in [4.69, 9.17) is 0 Å². The van der Waals surface area contributed by atoms with Gasteiger partial charge in [0.2, 0.25) is 11.8 Å². The number of fused-ring (bicyclic) bond motifs is 2. The molecule has 0 saturated carbocycles. The Kier molecular flexibility index (Phi) is 4.28. The van der Waals surface area contributed by atoms with Crippen LogP contribution >= 0.6 is 0 Å². The fourth-order valence-corrected chi connectivity index (χ4v) is 4.59. The summed E-state index contributed by atoms with van der Waals surface area (Å²) in [4.78, 5) is 31.6. The van der Waals surface area contributed by atoms with Crippen LogP contribution in [0.4, 0.5) is 5.69 Å². The van der Waals surface area contributed by atoms with Crippen LogP contribution in [0, 0.1) is 6.92 Å². The second-order valence-electron chi connectivity index (χ2n) is 7.71. The smallest absolute Gasteiger partial charge is 0.241 e. The minimum absolute atomic E-state index is 0.121. The SMILES string of the molecule is Cc1ccc2c(c1)CCCN2C(=O)CN1C[C@H]2CCCN2C(=O)[C@@H]1C. The molecular weight excluding hydrogens is 314 g/mol. The highest BCUT2D eigenvalue weighted by Gasteiger charge is 2.41. The molecule has 0 spiro atoms. The molecule has 1 aromatic carbocycles. The van der Waals surface area contributed by atoms with Crippen molar-refractivity contribution < 1.29 is 9.59 Å². The summed E-state index contributed by atoms with van der Waals surface area (Å²) in [6.07, 6.45) is 4.20. The number of rotatable bonds is 2. The number of nitrogens with zero attached hydrogens (tertiary/aromatic N) is 3. The van der Waals surface area contributed by atoms with Gasteiger partial charge in [0.15, 0.2) is 0 Å². The van der Waals surface area contributed by atoms with E-state index in [-0.39, 0.29) is 17.9 Å². The topological polar surface area (TPSA) is 43.9 Å². The Morgan fingerprint density at radius 3 is 2.92 bits per heavy atom. The maximum absolute atomic E-state index is 13.0. The lowest BCUT2D eigenvalue weighted by Gasteiger charge is -2.42. The monoisotopic (exact) mass is 341 g/mol. The van der Waals surface area contributed by atoms with Crippen LogP contribution in [0.25, 0.3) is 0 Å². The van der Waals surface area contributed by atoms with E-state index in [1.54, 1.807) is 0 Å². The Morgan fingerprint density at radius 2 is 2.08 bits per heavy atom. The van der Waals surface area contributed by atoms with Crippen LogP contribution in [0.1, 0.15) is 37.3 Å². The van der Waals surface area contributed by atoms with Gasteiger partial charge in [-0.15, -0.1) is 0 Å². The fraction of sp³-hybridized carbons (Fsp3) is 0.600. The molecule has 0 aromatic heterocycles. The van der Waals surface area contributed by atoms with Crippen LogP contribution in [-0.4, -0.2) is 59.9 Å². The average molecular weight is 341 g/mol. The highest BCUT2D eigenvalue weighted by Crippen LogP contribution is 2.29. The van der Waals surface area contributed by atoms with Crippen molar-refractivity contribution in [3.8, 4) is 0 Å². The molecule has 3 aliphatic heterocycles.